The van der Waals surface area contributed by atoms with E-state index in [1.54, 1.807) is 0 Å². The average Bonchev–Trinajstić information content (AvgIpc) is 3.71. The first-order valence-corrected chi connectivity index (χ1v) is 28.1. The average molecular weight is 795 g/mol. The van der Waals surface area contributed by atoms with Crippen molar-refractivity contribution in [2.45, 2.75) is 190 Å². The first kappa shape index (κ1) is 45.9. The Balaban J connectivity index is 1.52. The summed E-state index contributed by atoms with van der Waals surface area (Å²) in [5.41, 5.74) is 1.26. The van der Waals surface area contributed by atoms with Crippen LogP contribution >= 0.6 is 0 Å². The van der Waals surface area contributed by atoms with Crippen LogP contribution in [0, 0.1) is 11.8 Å². The van der Waals surface area contributed by atoms with E-state index in [-0.39, 0.29) is 18.3 Å². The number of unbranched alkanes of at least 4 members (excludes halogenated alkanes) is 8. The zero-order valence-electron chi connectivity index (χ0n) is 33.4. The maximum absolute atomic E-state index is 10.9. The standard InChI is InChI=1S/C41H78O7Si4/c1-5-7-8-11-18-31-50-48-51(44-4)32-19-15-25-35(22-6-2)36(27-21-24-34(3)23-12-9-10-17-30-49)26-16-20-33-52-45-39-37(42)28-13-14-29-38(43)40(46-52)41(39)47-52/h5-6,21,24,35-43,51H,1-3,7-20,22-23,25-33,50H2,4,49H3. The lowest BCUT2D eigenvalue weighted by Crippen LogP contribution is -2.53. The SMILES string of the molecule is C=CCCCCC[SiH2]O[SiH](CCCCC(CC=C)C(CC=CC(=C)CCCCCC[SiH3])CCCC[Si]12OC3C(O)CCCCC(O)C(O1)C3O2)OC. The lowest BCUT2D eigenvalue weighted by Gasteiger charge is -2.34. The Morgan fingerprint density at radius 1 is 0.846 bits per heavy atom. The largest absolute Gasteiger partial charge is 0.502 e. The van der Waals surface area contributed by atoms with E-state index >= 15 is 0 Å². The molecule has 2 aliphatic heterocycles. The molecule has 0 aromatic carbocycles. The molecule has 1 saturated carbocycles. The van der Waals surface area contributed by atoms with Crippen molar-refractivity contribution >= 4 is 38.1 Å². The van der Waals surface area contributed by atoms with Crippen LogP contribution in [0.4, 0.5) is 0 Å². The summed E-state index contributed by atoms with van der Waals surface area (Å²) in [6.07, 6.45) is 30.0. The fraction of sp³-hybridized carbons (Fsp3) is 0.805. The molecule has 2 heterocycles. The Morgan fingerprint density at radius 3 is 2.17 bits per heavy atom. The number of aliphatic hydroxyl groups is 2. The quantitative estimate of drug-likeness (QED) is 0.0319. The topological polar surface area (TPSA) is 86.6 Å². The molecule has 300 valence electrons. The maximum atomic E-state index is 10.9. The van der Waals surface area contributed by atoms with Gasteiger partial charge in [-0.25, -0.2) is 0 Å². The molecule has 0 aromatic heterocycles. The van der Waals surface area contributed by atoms with Gasteiger partial charge >= 0.3 is 18.1 Å². The summed E-state index contributed by atoms with van der Waals surface area (Å²) >= 11 is 0. The van der Waals surface area contributed by atoms with Gasteiger partial charge in [-0.1, -0.05) is 107 Å². The lowest BCUT2D eigenvalue weighted by atomic mass is 9.80. The van der Waals surface area contributed by atoms with E-state index < -0.39 is 40.1 Å². The van der Waals surface area contributed by atoms with Gasteiger partial charge < -0.3 is 32.0 Å². The zero-order chi connectivity index (χ0) is 37.4. The van der Waals surface area contributed by atoms with Crippen LogP contribution in [0.25, 0.3) is 0 Å². The summed E-state index contributed by atoms with van der Waals surface area (Å²) in [5, 5.41) is 21.7. The lowest BCUT2D eigenvalue weighted by molar-refractivity contribution is -0.0795. The van der Waals surface area contributed by atoms with Crippen LogP contribution < -0.4 is 0 Å². The second-order valence-corrected chi connectivity index (χ2v) is 23.8. The molecule has 1 aliphatic carbocycles. The summed E-state index contributed by atoms with van der Waals surface area (Å²) in [4.78, 5) is 0. The Labute approximate surface area is 327 Å². The first-order chi connectivity index (χ1) is 25.4. The van der Waals surface area contributed by atoms with E-state index in [9.17, 15) is 10.2 Å². The predicted octanol–water partition coefficient (Wildman–Crippen LogP) is 7.92. The van der Waals surface area contributed by atoms with Gasteiger partial charge in [0.15, 0.2) is 0 Å². The van der Waals surface area contributed by atoms with Gasteiger partial charge in [0.2, 0.25) is 0 Å². The van der Waals surface area contributed by atoms with Gasteiger partial charge in [0.25, 0.3) is 0 Å². The number of aliphatic hydroxyl groups excluding tert-OH is 2. The summed E-state index contributed by atoms with van der Waals surface area (Å²) < 4.78 is 31.5. The molecule has 7 unspecified atom stereocenters. The number of rotatable bonds is 31. The van der Waals surface area contributed by atoms with Crippen LogP contribution in [-0.2, 0) is 21.8 Å². The van der Waals surface area contributed by atoms with Crippen LogP contribution in [0.5, 0.6) is 0 Å². The second kappa shape index (κ2) is 27.2. The number of hydrogen-bond acceptors (Lipinski definition) is 7. The van der Waals surface area contributed by atoms with E-state index in [1.165, 1.54) is 92.1 Å². The van der Waals surface area contributed by atoms with Crippen LogP contribution in [0.3, 0.4) is 0 Å². The van der Waals surface area contributed by atoms with Crippen molar-refractivity contribution < 1.29 is 32.0 Å². The summed E-state index contributed by atoms with van der Waals surface area (Å²) in [7, 11) is -1.76. The van der Waals surface area contributed by atoms with Crippen LogP contribution in [0.15, 0.2) is 49.6 Å². The third-order valence-corrected chi connectivity index (χ3v) is 19.8. The van der Waals surface area contributed by atoms with Gasteiger partial charge in [-0.3, -0.25) is 0 Å². The molecule has 0 amide bonds. The molecule has 52 heavy (non-hydrogen) atoms. The predicted molar refractivity (Wildman–Crippen MR) is 228 cm³/mol. The second-order valence-electron chi connectivity index (χ2n) is 15.9. The third kappa shape index (κ3) is 16.7. The Kier molecular flexibility index (Phi) is 24.0. The Morgan fingerprint density at radius 2 is 1.50 bits per heavy atom. The Bertz CT molecular complexity index is 994. The smallest absolute Gasteiger partial charge is 0.444 e. The van der Waals surface area contributed by atoms with E-state index in [4.69, 9.17) is 21.8 Å². The summed E-state index contributed by atoms with van der Waals surface area (Å²) in [6.45, 7) is 12.4. The molecule has 0 spiro atoms. The monoisotopic (exact) mass is 794 g/mol. The molecule has 3 fully saturated rings. The first-order valence-electron chi connectivity index (χ1n) is 21.5. The molecule has 7 nitrogen and oxygen atoms in total. The van der Waals surface area contributed by atoms with Crippen molar-refractivity contribution in [3.8, 4) is 0 Å². The fourth-order valence-electron chi connectivity index (χ4n) is 8.42. The molecule has 0 radical (unpaired) electrons. The van der Waals surface area contributed by atoms with Gasteiger partial charge in [0.1, 0.15) is 28.1 Å². The van der Waals surface area contributed by atoms with Gasteiger partial charge in [0, 0.05) is 23.4 Å². The molecule has 2 N–H and O–H groups in total. The van der Waals surface area contributed by atoms with Crippen molar-refractivity contribution in [3.05, 3.63) is 49.6 Å². The van der Waals surface area contributed by atoms with Crippen LogP contribution in [0.1, 0.15) is 135 Å². The van der Waals surface area contributed by atoms with E-state index in [2.05, 4.69) is 38.0 Å². The number of fused-ring (bicyclic) bond motifs is 1. The zero-order valence-corrected chi connectivity index (χ0v) is 38.9. The van der Waals surface area contributed by atoms with Gasteiger partial charge in [-0.05, 0) is 94.6 Å². The molecule has 2 saturated heterocycles. The molecule has 11 heteroatoms. The van der Waals surface area contributed by atoms with E-state index in [1.807, 2.05) is 13.2 Å². The molecule has 2 bridgehead atoms. The molecule has 0 aromatic rings. The highest BCUT2D eigenvalue weighted by Gasteiger charge is 2.65. The molecular formula is C41H78O7Si4. The van der Waals surface area contributed by atoms with Crippen LogP contribution in [-0.4, -0.2) is 85.9 Å². The fourth-order valence-corrected chi connectivity index (χ4v) is 16.6. The minimum absolute atomic E-state index is 0.341. The van der Waals surface area contributed by atoms with Crippen LogP contribution in [0.2, 0.25) is 24.2 Å². The third-order valence-electron chi connectivity index (χ3n) is 11.6. The molecule has 3 rings (SSSR count). The molecular weight excluding hydrogens is 717 g/mol. The molecule has 7 atom stereocenters. The van der Waals surface area contributed by atoms with Crippen molar-refractivity contribution in [1.29, 1.82) is 0 Å². The molecule has 3 aliphatic rings. The maximum Gasteiger partial charge on any atom is 0.502 e. The van der Waals surface area contributed by atoms with E-state index in [0.29, 0.717) is 24.7 Å². The van der Waals surface area contributed by atoms with Crippen molar-refractivity contribution in [2.75, 3.05) is 7.11 Å². The summed E-state index contributed by atoms with van der Waals surface area (Å²) in [5.74, 6) is 1.15. The van der Waals surface area contributed by atoms with E-state index in [0.717, 1.165) is 69.9 Å². The minimum atomic E-state index is -2.91. The van der Waals surface area contributed by atoms with Gasteiger partial charge in [-0.15, -0.1) is 13.2 Å². The highest BCUT2D eigenvalue weighted by molar-refractivity contribution is 6.62. The normalized spacial score (nSPS) is 27.9. The highest BCUT2D eigenvalue weighted by Crippen LogP contribution is 2.45. The number of allylic oxidation sites excluding steroid dienone is 5. The Hall–Kier alpha value is -0.452. The van der Waals surface area contributed by atoms with Crippen molar-refractivity contribution in [2.24, 2.45) is 11.8 Å². The van der Waals surface area contributed by atoms with Crippen molar-refractivity contribution in [1.82, 2.24) is 0 Å². The highest BCUT2D eigenvalue weighted by atomic mass is 28.4. The van der Waals surface area contributed by atoms with Crippen molar-refractivity contribution in [3.63, 3.8) is 0 Å². The van der Waals surface area contributed by atoms with Gasteiger partial charge in [0.05, 0.1) is 12.2 Å². The number of hydrogen-bond donors (Lipinski definition) is 2. The van der Waals surface area contributed by atoms with Gasteiger partial charge in [-0.2, -0.15) is 0 Å². The summed E-state index contributed by atoms with van der Waals surface area (Å²) in [6, 6.07) is 4.53. The minimum Gasteiger partial charge on any atom is -0.444 e.